The van der Waals surface area contributed by atoms with E-state index in [0.717, 1.165) is 55.7 Å². The second-order valence-electron chi connectivity index (χ2n) is 10.0. The third kappa shape index (κ3) is 4.19. The van der Waals surface area contributed by atoms with Gasteiger partial charge in [-0.05, 0) is 40.5 Å². The fourth-order valence-corrected chi connectivity index (χ4v) is 5.76. The minimum Gasteiger partial charge on any atom is -0.497 e. The molecule has 5 nitrogen and oxygen atoms in total. The van der Waals surface area contributed by atoms with Crippen molar-refractivity contribution in [3.05, 3.63) is 163 Å². The van der Waals surface area contributed by atoms with E-state index >= 15 is 0 Å². The van der Waals surface area contributed by atoms with Crippen LogP contribution in [-0.2, 0) is 5.54 Å². The summed E-state index contributed by atoms with van der Waals surface area (Å²) in [6.45, 7) is 0. The molecule has 41 heavy (non-hydrogen) atoms. The summed E-state index contributed by atoms with van der Waals surface area (Å²) in [6.07, 6.45) is 8.02. The minimum atomic E-state index is -0.666. The largest absolute Gasteiger partial charge is 0.497 e. The maximum Gasteiger partial charge on any atom is 0.138 e. The molecular weight excluding hydrogens is 504 g/mol. The van der Waals surface area contributed by atoms with Gasteiger partial charge < -0.3 is 9.72 Å². The molecule has 0 unspecified atom stereocenters. The molecule has 4 aromatic carbocycles. The molecule has 5 heteroatoms. The van der Waals surface area contributed by atoms with Crippen LogP contribution in [0.15, 0.2) is 146 Å². The van der Waals surface area contributed by atoms with Gasteiger partial charge in [-0.3, -0.25) is 4.68 Å². The highest BCUT2D eigenvalue weighted by molar-refractivity contribution is 5.95. The summed E-state index contributed by atoms with van der Waals surface area (Å²) in [5, 5.41) is 6.09. The number of hydrogen-bond donors (Lipinski definition) is 1. The van der Waals surface area contributed by atoms with E-state index in [4.69, 9.17) is 14.8 Å². The number of pyridine rings is 1. The maximum atomic E-state index is 5.34. The van der Waals surface area contributed by atoms with E-state index in [2.05, 4.69) is 125 Å². The van der Waals surface area contributed by atoms with Crippen molar-refractivity contribution in [2.24, 2.45) is 0 Å². The number of rotatable bonds is 7. The van der Waals surface area contributed by atoms with Gasteiger partial charge in [-0.15, -0.1) is 0 Å². The Balaban J connectivity index is 1.40. The van der Waals surface area contributed by atoms with Crippen molar-refractivity contribution >= 4 is 11.0 Å². The smallest absolute Gasteiger partial charge is 0.138 e. The molecule has 3 aromatic heterocycles. The molecule has 7 aromatic rings. The Morgan fingerprint density at radius 1 is 0.659 bits per heavy atom. The average Bonchev–Trinajstić information content (AvgIpc) is 3.71. The van der Waals surface area contributed by atoms with E-state index < -0.39 is 5.54 Å². The summed E-state index contributed by atoms with van der Waals surface area (Å²) in [6, 6.07) is 42.0. The highest BCUT2D eigenvalue weighted by atomic mass is 16.5. The normalized spacial score (nSPS) is 11.5. The third-order valence-corrected chi connectivity index (χ3v) is 7.77. The molecule has 0 saturated heterocycles. The lowest BCUT2D eigenvalue weighted by molar-refractivity contribution is 0.415. The Labute approximate surface area is 238 Å². The van der Waals surface area contributed by atoms with Gasteiger partial charge in [-0.25, -0.2) is 4.98 Å². The molecule has 0 spiro atoms. The first kappa shape index (κ1) is 24.6. The lowest BCUT2D eigenvalue weighted by atomic mass is 9.77. The topological polar surface area (TPSA) is 55.7 Å². The number of ether oxygens (including phenoxy) is 1. The number of methoxy groups -OCH3 is 1. The van der Waals surface area contributed by atoms with E-state index in [-0.39, 0.29) is 0 Å². The fraction of sp³-hybridized carbons (Fsp3) is 0.0556. The zero-order valence-electron chi connectivity index (χ0n) is 22.6. The molecule has 0 atom stereocenters. The number of fused-ring (bicyclic) bond motifs is 1. The van der Waals surface area contributed by atoms with Crippen LogP contribution >= 0.6 is 0 Å². The maximum absolute atomic E-state index is 5.34. The number of nitrogens with zero attached hydrogens (tertiary/aromatic N) is 3. The number of aromatic nitrogens is 4. The van der Waals surface area contributed by atoms with Crippen LogP contribution in [-0.4, -0.2) is 26.9 Å². The van der Waals surface area contributed by atoms with Gasteiger partial charge in [0, 0.05) is 40.7 Å². The lowest BCUT2D eigenvalue weighted by Crippen LogP contribution is -2.38. The predicted octanol–water partition coefficient (Wildman–Crippen LogP) is 7.94. The quantitative estimate of drug-likeness (QED) is 0.212. The average molecular weight is 533 g/mol. The van der Waals surface area contributed by atoms with Crippen LogP contribution in [0.1, 0.15) is 16.7 Å². The highest BCUT2D eigenvalue weighted by Gasteiger charge is 2.39. The molecule has 0 bridgehead atoms. The van der Waals surface area contributed by atoms with Gasteiger partial charge in [-0.1, -0.05) is 103 Å². The summed E-state index contributed by atoms with van der Waals surface area (Å²) in [5.41, 5.74) is 7.76. The van der Waals surface area contributed by atoms with Crippen molar-refractivity contribution < 1.29 is 4.74 Å². The molecule has 0 aliphatic heterocycles. The molecule has 0 amide bonds. The number of hydrogen-bond acceptors (Lipinski definition) is 3. The van der Waals surface area contributed by atoms with Crippen LogP contribution in [0.3, 0.4) is 0 Å². The Morgan fingerprint density at radius 2 is 1.24 bits per heavy atom. The summed E-state index contributed by atoms with van der Waals surface area (Å²) >= 11 is 0. The first-order chi connectivity index (χ1) is 20.3. The molecule has 0 saturated carbocycles. The van der Waals surface area contributed by atoms with Crippen LogP contribution in [0.5, 0.6) is 5.75 Å². The van der Waals surface area contributed by atoms with Crippen molar-refractivity contribution in [3.8, 4) is 28.0 Å². The van der Waals surface area contributed by atoms with Crippen LogP contribution in [0.25, 0.3) is 33.3 Å². The van der Waals surface area contributed by atoms with E-state index in [1.807, 2.05) is 30.7 Å². The molecule has 0 aliphatic carbocycles. The van der Waals surface area contributed by atoms with Crippen molar-refractivity contribution in [3.63, 3.8) is 0 Å². The van der Waals surface area contributed by atoms with Crippen LogP contribution in [0.2, 0.25) is 0 Å². The van der Waals surface area contributed by atoms with E-state index in [1.54, 1.807) is 7.11 Å². The SMILES string of the molecule is COc1ccc(-c2cnc3[nH]cc(-c4cnn(C(c5ccccc5)(c5ccccc5)c5ccccc5)c4)c3c2)cc1. The summed E-state index contributed by atoms with van der Waals surface area (Å²) in [7, 11) is 1.68. The molecule has 1 N–H and O–H groups in total. The van der Waals surface area contributed by atoms with E-state index in [1.165, 1.54) is 0 Å². The van der Waals surface area contributed by atoms with E-state index in [9.17, 15) is 0 Å². The molecule has 198 valence electrons. The summed E-state index contributed by atoms with van der Waals surface area (Å²) < 4.78 is 7.43. The Bertz CT molecular complexity index is 1810. The number of nitrogens with one attached hydrogen (secondary N) is 1. The third-order valence-electron chi connectivity index (χ3n) is 7.77. The fourth-order valence-electron chi connectivity index (χ4n) is 5.76. The molecule has 0 radical (unpaired) electrons. The Kier molecular flexibility index (Phi) is 6.17. The lowest BCUT2D eigenvalue weighted by Gasteiger charge is -2.36. The van der Waals surface area contributed by atoms with Crippen molar-refractivity contribution in [2.45, 2.75) is 5.54 Å². The monoisotopic (exact) mass is 532 g/mol. The van der Waals surface area contributed by atoms with Gasteiger partial charge in [0.25, 0.3) is 0 Å². The highest BCUT2D eigenvalue weighted by Crippen LogP contribution is 2.41. The predicted molar refractivity (Wildman–Crippen MR) is 164 cm³/mol. The summed E-state index contributed by atoms with van der Waals surface area (Å²) in [5.74, 6) is 0.830. The van der Waals surface area contributed by atoms with Crippen molar-refractivity contribution in [2.75, 3.05) is 7.11 Å². The van der Waals surface area contributed by atoms with Gasteiger partial charge in [0.05, 0.1) is 13.3 Å². The van der Waals surface area contributed by atoms with Gasteiger partial charge in [0.2, 0.25) is 0 Å². The van der Waals surface area contributed by atoms with Crippen LogP contribution < -0.4 is 4.74 Å². The van der Waals surface area contributed by atoms with Gasteiger partial charge in [0.1, 0.15) is 16.9 Å². The van der Waals surface area contributed by atoms with Crippen molar-refractivity contribution in [1.29, 1.82) is 0 Å². The zero-order valence-corrected chi connectivity index (χ0v) is 22.6. The Hall–Kier alpha value is -5.42. The number of benzene rings is 4. The second kappa shape index (κ2) is 10.3. The van der Waals surface area contributed by atoms with Gasteiger partial charge in [0.15, 0.2) is 0 Å². The Morgan fingerprint density at radius 3 is 1.80 bits per heavy atom. The molecular formula is C36H28N4O. The van der Waals surface area contributed by atoms with Gasteiger partial charge >= 0.3 is 0 Å². The summed E-state index contributed by atoms with van der Waals surface area (Å²) in [4.78, 5) is 8.09. The van der Waals surface area contributed by atoms with Gasteiger partial charge in [-0.2, -0.15) is 5.10 Å². The minimum absolute atomic E-state index is 0.666. The standard InChI is InChI=1S/C36H28N4O/c1-41-32-19-17-26(18-20-32)27-21-33-34(24-38-35(33)37-22-27)28-23-39-40(25-28)36(29-11-5-2-6-12-29,30-13-7-3-8-14-30)31-15-9-4-10-16-31/h2-25H,1H3,(H,37,38). The van der Waals surface area contributed by atoms with E-state index in [0.29, 0.717) is 0 Å². The molecule has 0 aliphatic rings. The van der Waals surface area contributed by atoms with Crippen LogP contribution in [0.4, 0.5) is 0 Å². The molecule has 3 heterocycles. The number of H-pyrrole nitrogens is 1. The molecule has 0 fully saturated rings. The van der Waals surface area contributed by atoms with Crippen LogP contribution in [0, 0.1) is 0 Å². The second-order valence-corrected chi connectivity index (χ2v) is 10.0. The number of aromatic amines is 1. The molecule has 7 rings (SSSR count). The first-order valence-corrected chi connectivity index (χ1v) is 13.6. The zero-order chi connectivity index (χ0) is 27.6. The van der Waals surface area contributed by atoms with Crippen molar-refractivity contribution in [1.82, 2.24) is 19.7 Å². The first-order valence-electron chi connectivity index (χ1n) is 13.6.